The molecule has 2 aromatic rings. The van der Waals surface area contributed by atoms with Gasteiger partial charge in [0.25, 0.3) is 0 Å². The number of aromatic nitrogens is 2. The van der Waals surface area contributed by atoms with E-state index in [1.165, 1.54) is 0 Å². The minimum atomic E-state index is 0.0243. The first-order chi connectivity index (χ1) is 6.88. The first kappa shape index (κ1) is 7.38. The summed E-state index contributed by atoms with van der Waals surface area (Å²) < 4.78 is 0. The van der Waals surface area contributed by atoms with E-state index >= 15 is 0 Å². The van der Waals surface area contributed by atoms with Crippen LogP contribution in [-0.4, -0.2) is 15.8 Å². The van der Waals surface area contributed by atoms with Crippen molar-refractivity contribution in [3.63, 3.8) is 0 Å². The van der Waals surface area contributed by atoms with Crippen molar-refractivity contribution in [3.05, 3.63) is 48.0 Å². The van der Waals surface area contributed by atoms with Crippen LogP contribution < -0.4 is 0 Å². The van der Waals surface area contributed by atoms with Gasteiger partial charge in [-0.25, -0.2) is 0 Å². The van der Waals surface area contributed by atoms with Crippen LogP contribution in [0.5, 0.6) is 0 Å². The van der Waals surface area contributed by atoms with Gasteiger partial charge >= 0.3 is 0 Å². The summed E-state index contributed by atoms with van der Waals surface area (Å²) in [6.07, 6.45) is 6.61. The zero-order chi connectivity index (χ0) is 9.54. The molecule has 0 amide bonds. The summed E-state index contributed by atoms with van der Waals surface area (Å²) in [5.74, 6) is 0.0243. The molecule has 2 heterocycles. The Kier molecular flexibility index (Phi) is 1.31. The fraction of sp³-hybridized carbons (Fsp3) is 0. The number of ketones is 1. The third-order valence-corrected chi connectivity index (χ3v) is 2.42. The summed E-state index contributed by atoms with van der Waals surface area (Å²) in [6, 6.07) is 3.72. The number of carbonyl (C=O) groups is 1. The third-order valence-electron chi connectivity index (χ3n) is 2.42. The Morgan fingerprint density at radius 1 is 0.786 bits per heavy atom. The molecule has 0 atom stereocenters. The molecular weight excluding hydrogens is 176 g/mol. The van der Waals surface area contributed by atoms with E-state index in [0.717, 1.165) is 11.1 Å². The van der Waals surface area contributed by atoms with Crippen LogP contribution in [0.15, 0.2) is 36.9 Å². The number of hydrogen-bond acceptors (Lipinski definition) is 3. The number of nitrogens with zero attached hydrogens (tertiary/aromatic N) is 2. The number of rotatable bonds is 0. The normalized spacial score (nSPS) is 12.4. The van der Waals surface area contributed by atoms with Crippen molar-refractivity contribution in [2.75, 3.05) is 0 Å². The van der Waals surface area contributed by atoms with E-state index in [1.54, 1.807) is 24.8 Å². The molecule has 0 spiro atoms. The van der Waals surface area contributed by atoms with Gasteiger partial charge in [-0.05, 0) is 23.3 Å². The molecule has 2 aromatic heterocycles. The Morgan fingerprint density at radius 3 is 1.79 bits per heavy atom. The van der Waals surface area contributed by atoms with Gasteiger partial charge in [0.1, 0.15) is 0 Å². The molecule has 0 saturated heterocycles. The summed E-state index contributed by atoms with van der Waals surface area (Å²) in [5, 5.41) is 0. The highest BCUT2D eigenvalue weighted by atomic mass is 16.1. The van der Waals surface area contributed by atoms with E-state index in [1.807, 2.05) is 12.1 Å². The van der Waals surface area contributed by atoms with Gasteiger partial charge in [-0.2, -0.15) is 0 Å². The molecule has 0 N–H and O–H groups in total. The van der Waals surface area contributed by atoms with Crippen molar-refractivity contribution in [1.82, 2.24) is 9.97 Å². The predicted octanol–water partition coefficient (Wildman–Crippen LogP) is 1.69. The first-order valence-corrected chi connectivity index (χ1v) is 4.31. The van der Waals surface area contributed by atoms with E-state index in [-0.39, 0.29) is 5.78 Å². The van der Waals surface area contributed by atoms with Gasteiger partial charge in [-0.1, -0.05) is 0 Å². The maximum absolute atomic E-state index is 11.8. The average molecular weight is 182 g/mol. The average Bonchev–Trinajstić information content (AvgIpc) is 2.55. The van der Waals surface area contributed by atoms with E-state index in [4.69, 9.17) is 0 Å². The fourth-order valence-corrected chi connectivity index (χ4v) is 1.77. The molecule has 1 aliphatic rings. The molecule has 3 heteroatoms. The van der Waals surface area contributed by atoms with Crippen molar-refractivity contribution >= 4 is 5.78 Å². The van der Waals surface area contributed by atoms with Gasteiger partial charge in [-0.3, -0.25) is 14.8 Å². The van der Waals surface area contributed by atoms with Gasteiger partial charge in [0, 0.05) is 35.9 Å². The predicted molar refractivity (Wildman–Crippen MR) is 50.9 cm³/mol. The van der Waals surface area contributed by atoms with Gasteiger partial charge in [0.2, 0.25) is 0 Å². The molecule has 0 fully saturated rings. The molecule has 14 heavy (non-hydrogen) atoms. The fourth-order valence-electron chi connectivity index (χ4n) is 1.77. The van der Waals surface area contributed by atoms with E-state index < -0.39 is 0 Å². The van der Waals surface area contributed by atoms with E-state index in [9.17, 15) is 4.79 Å². The monoisotopic (exact) mass is 182 g/mol. The van der Waals surface area contributed by atoms with Gasteiger partial charge < -0.3 is 0 Å². The van der Waals surface area contributed by atoms with Gasteiger partial charge in [0.15, 0.2) is 5.78 Å². The highest BCUT2D eigenvalue weighted by molar-refractivity contribution is 6.21. The lowest BCUT2D eigenvalue weighted by molar-refractivity contribution is 0.104. The highest BCUT2D eigenvalue weighted by Gasteiger charge is 2.26. The summed E-state index contributed by atoms with van der Waals surface area (Å²) in [5.41, 5.74) is 3.27. The van der Waals surface area contributed by atoms with Gasteiger partial charge in [0.05, 0.1) is 0 Å². The maximum atomic E-state index is 11.8. The molecule has 0 saturated carbocycles. The number of carbonyl (C=O) groups excluding carboxylic acids is 1. The van der Waals surface area contributed by atoms with Crippen molar-refractivity contribution in [1.29, 1.82) is 0 Å². The molecule has 0 radical (unpaired) electrons. The van der Waals surface area contributed by atoms with Crippen LogP contribution >= 0.6 is 0 Å². The standard InChI is InChI=1S/C11H6N2O/c14-11-9-5-12-3-1-7(9)8-2-4-13-6-10(8)11/h1-6H. The highest BCUT2D eigenvalue weighted by Crippen LogP contribution is 2.34. The summed E-state index contributed by atoms with van der Waals surface area (Å²) in [6.45, 7) is 0. The van der Waals surface area contributed by atoms with E-state index in [2.05, 4.69) is 9.97 Å². The van der Waals surface area contributed by atoms with Crippen LogP contribution in [0.25, 0.3) is 11.1 Å². The Morgan fingerprint density at radius 2 is 1.29 bits per heavy atom. The molecule has 66 valence electrons. The number of pyridine rings is 2. The Balaban J connectivity index is 2.42. The Hall–Kier alpha value is -2.03. The molecule has 0 aliphatic heterocycles. The van der Waals surface area contributed by atoms with Crippen LogP contribution in [0.1, 0.15) is 15.9 Å². The lowest BCUT2D eigenvalue weighted by Gasteiger charge is -1.95. The molecular formula is C11H6N2O. The summed E-state index contributed by atoms with van der Waals surface area (Å²) in [7, 11) is 0. The smallest absolute Gasteiger partial charge is 0.197 e. The molecule has 3 nitrogen and oxygen atoms in total. The van der Waals surface area contributed by atoms with Crippen molar-refractivity contribution < 1.29 is 4.79 Å². The number of hydrogen-bond donors (Lipinski definition) is 0. The number of fused-ring (bicyclic) bond motifs is 3. The topological polar surface area (TPSA) is 42.9 Å². The minimum Gasteiger partial charge on any atom is -0.288 e. The second-order valence-electron chi connectivity index (χ2n) is 3.17. The van der Waals surface area contributed by atoms with Crippen molar-refractivity contribution in [2.24, 2.45) is 0 Å². The van der Waals surface area contributed by atoms with Crippen LogP contribution in [0.4, 0.5) is 0 Å². The zero-order valence-electron chi connectivity index (χ0n) is 7.27. The van der Waals surface area contributed by atoms with Crippen LogP contribution in [0, 0.1) is 0 Å². The minimum absolute atomic E-state index is 0.0243. The SMILES string of the molecule is O=C1c2cnccc2-c2ccncc21. The second-order valence-corrected chi connectivity index (χ2v) is 3.17. The Labute approximate surface area is 80.4 Å². The van der Waals surface area contributed by atoms with E-state index in [0.29, 0.717) is 11.1 Å². The van der Waals surface area contributed by atoms with Crippen molar-refractivity contribution in [3.8, 4) is 11.1 Å². The largest absolute Gasteiger partial charge is 0.288 e. The summed E-state index contributed by atoms with van der Waals surface area (Å²) in [4.78, 5) is 19.7. The van der Waals surface area contributed by atoms with Crippen LogP contribution in [0.3, 0.4) is 0 Å². The van der Waals surface area contributed by atoms with Crippen LogP contribution in [-0.2, 0) is 0 Å². The molecule has 0 bridgehead atoms. The lowest BCUT2D eigenvalue weighted by Crippen LogP contribution is -1.95. The molecule has 3 rings (SSSR count). The molecule has 1 aliphatic carbocycles. The van der Waals surface area contributed by atoms with Gasteiger partial charge in [-0.15, -0.1) is 0 Å². The molecule has 0 aromatic carbocycles. The Bertz CT molecular complexity index is 487. The van der Waals surface area contributed by atoms with Crippen LogP contribution in [0.2, 0.25) is 0 Å². The first-order valence-electron chi connectivity index (χ1n) is 4.31. The van der Waals surface area contributed by atoms with Crippen molar-refractivity contribution in [2.45, 2.75) is 0 Å². The summed E-state index contributed by atoms with van der Waals surface area (Å²) >= 11 is 0. The molecule has 0 unspecified atom stereocenters. The maximum Gasteiger partial charge on any atom is 0.197 e. The zero-order valence-corrected chi connectivity index (χ0v) is 7.27. The third kappa shape index (κ3) is 0.785. The quantitative estimate of drug-likeness (QED) is 0.531. The second kappa shape index (κ2) is 2.48. The lowest BCUT2D eigenvalue weighted by atomic mass is 10.1.